The fourth-order valence-electron chi connectivity index (χ4n) is 19.1. The van der Waals surface area contributed by atoms with Crippen LogP contribution < -0.4 is 80.2 Å². The quantitative estimate of drug-likeness (QED) is 0.0356. The number of ether oxygens (including phenoxy) is 2. The van der Waals surface area contributed by atoms with Crippen LogP contribution in [0.1, 0.15) is 181 Å². The van der Waals surface area contributed by atoms with Crippen LogP contribution in [-0.4, -0.2) is 204 Å². The molecule has 4 aromatic carbocycles. The maximum absolute atomic E-state index is 15.0. The van der Waals surface area contributed by atoms with Gasteiger partial charge in [0.05, 0.1) is 114 Å². The molecule has 0 bridgehead atoms. The van der Waals surface area contributed by atoms with E-state index in [4.69, 9.17) is 50.3 Å². The van der Waals surface area contributed by atoms with Crippen molar-refractivity contribution in [2.24, 2.45) is 34.8 Å². The fraction of sp³-hybridized carbons (Fsp3) is 0.383. The Morgan fingerprint density at radius 3 is 1.51 bits per heavy atom. The van der Waals surface area contributed by atoms with Gasteiger partial charge in [-0.05, 0) is 163 Å². The predicted octanol–water partition coefficient (Wildman–Crippen LogP) is 9.69. The number of carboxylic acid groups (broad SMARTS) is 5. The Morgan fingerprint density at radius 2 is 1.04 bits per heavy atom. The Kier molecular flexibility index (Phi) is 29.0. The molecule has 0 spiro atoms. The van der Waals surface area contributed by atoms with Crippen molar-refractivity contribution in [3.05, 3.63) is 244 Å². The van der Waals surface area contributed by atoms with Gasteiger partial charge in [-0.1, -0.05) is 11.8 Å². The second kappa shape index (κ2) is 39.8. The van der Waals surface area contributed by atoms with Crippen molar-refractivity contribution in [1.29, 1.82) is 0 Å². The molecule has 0 radical (unpaired) electrons. The molecule has 7 atom stereocenters. The lowest BCUT2D eigenvalue weighted by atomic mass is 9.98. The number of thioether (sulfide) groups is 1. The lowest BCUT2D eigenvalue weighted by Gasteiger charge is -2.37. The average Bonchev–Trinajstić information content (AvgIpc) is 1.31. The molecule has 3 saturated heterocycles. The molecule has 14 heterocycles. The number of halogens is 8. The van der Waals surface area contributed by atoms with E-state index in [1.54, 1.807) is 38.5 Å². The first-order valence-electron chi connectivity index (χ1n) is 45.0. The number of piperidine rings is 2. The summed E-state index contributed by atoms with van der Waals surface area (Å²) >= 11 is 1.32. The van der Waals surface area contributed by atoms with E-state index in [0.717, 1.165) is 91.2 Å². The van der Waals surface area contributed by atoms with Gasteiger partial charge in [-0.3, -0.25) is 46.9 Å². The molecule has 51 heteroatoms. The average molecular weight is 2100 g/mol. The molecule has 4 saturated carbocycles. The molecule has 7 fully saturated rings. The van der Waals surface area contributed by atoms with Gasteiger partial charge in [0.2, 0.25) is 21.7 Å². The molecule has 12 aromatic rings. The summed E-state index contributed by atoms with van der Waals surface area (Å²) in [6.45, 7) is 14.6. The Bertz CT molecular complexity index is 7890. The number of aryl methyl sites for hydroxylation is 2. The molecular formula is C94H96ClF7N14O26S3. The molecule has 22 rings (SSSR count). The van der Waals surface area contributed by atoms with Gasteiger partial charge >= 0.3 is 35.7 Å². The number of pyridine rings is 7. The van der Waals surface area contributed by atoms with Crippen molar-refractivity contribution in [1.82, 2.24) is 32.6 Å². The summed E-state index contributed by atoms with van der Waals surface area (Å²) < 4.78 is 182. The largest absolute Gasteiger partial charge is 0.519 e. The van der Waals surface area contributed by atoms with E-state index in [9.17, 15) is 121 Å². The lowest BCUT2D eigenvalue weighted by Crippen LogP contribution is -2.46. The van der Waals surface area contributed by atoms with E-state index < -0.39 is 141 Å². The Labute approximate surface area is 825 Å². The smallest absolute Gasteiger partial charge is 0.489 e. The Hall–Kier alpha value is -13.6. The summed E-state index contributed by atoms with van der Waals surface area (Å²) in [5, 5.41) is 46.8. The number of nitrogens with two attached hydrogens (primary N) is 4. The molecule has 145 heavy (non-hydrogen) atoms. The van der Waals surface area contributed by atoms with Crippen molar-refractivity contribution >= 4 is 141 Å². The summed E-state index contributed by atoms with van der Waals surface area (Å²) in [5.41, 5.74) is 21.6. The van der Waals surface area contributed by atoms with Gasteiger partial charge in [0.15, 0.2) is 40.4 Å². The van der Waals surface area contributed by atoms with Crippen molar-refractivity contribution in [3.63, 3.8) is 0 Å². The number of nitrogens with zero attached hydrogens (tertiary/aromatic N) is 10. The van der Waals surface area contributed by atoms with Crippen LogP contribution in [-0.2, 0) is 37.9 Å². The SMILES string of the molecule is CS(=O)(=O)O.CS(=O)(=O)O.C[C@H]1COc2c(C3(N)CC3)c(F)cc3c(=O)c(C(=O)O)cn1c23.C[C@H]1COc2c(C3(N)CC3)c(F)cc3c(=O)c(C(=O)O)cn1c23.Cc1c(N2CCC[C@@H](N)C2)c(F)cn2c(=O)c(C(=O)O)cc(C3CC3)c12.Cc1oc(=O)oc1CN1CCN(c2cc3c(cc2F)c(=O)c(C(=O)O)c2n3C(C)S2)CC1.Cl.NC1[C@H]2CN(c3nc4c(cc3F)c(=O)c(C(=O)O)cn4-c3ccc(F)cc3F)C[C@@H]12. The van der Waals surface area contributed by atoms with Gasteiger partial charge in [-0.25, -0.2) is 64.5 Å². The highest BCUT2D eigenvalue weighted by Crippen LogP contribution is 2.54. The summed E-state index contributed by atoms with van der Waals surface area (Å²) in [6, 6.07) is 9.81. The summed E-state index contributed by atoms with van der Waals surface area (Å²) in [7, 11) is -7.33. The van der Waals surface area contributed by atoms with Crippen molar-refractivity contribution in [2.45, 2.75) is 144 Å². The number of carboxylic acids is 5. The zero-order chi connectivity index (χ0) is 105. The number of rotatable bonds is 14. The topological polar surface area (TPSA) is 596 Å². The van der Waals surface area contributed by atoms with Crippen LogP contribution in [0.25, 0.3) is 54.9 Å². The van der Waals surface area contributed by atoms with Gasteiger partial charge in [0, 0.05) is 106 Å². The minimum atomic E-state index is -3.67. The molecule has 6 aliphatic heterocycles. The zero-order valence-corrected chi connectivity index (χ0v) is 81.3. The number of aromatic carboxylic acids is 5. The van der Waals surface area contributed by atoms with E-state index in [-0.39, 0.29) is 156 Å². The first-order valence-corrected chi connectivity index (χ1v) is 49.6. The van der Waals surface area contributed by atoms with E-state index in [1.165, 1.54) is 34.6 Å². The zero-order valence-electron chi connectivity index (χ0n) is 78.0. The molecule has 2 unspecified atom stereocenters. The number of fused-ring (bicyclic) bond motifs is 6. The van der Waals surface area contributed by atoms with E-state index >= 15 is 4.39 Å². The highest BCUT2D eigenvalue weighted by Gasteiger charge is 2.55. The van der Waals surface area contributed by atoms with Crippen LogP contribution in [0.4, 0.5) is 47.9 Å². The van der Waals surface area contributed by atoms with Crippen LogP contribution in [0.2, 0.25) is 0 Å². The second-order valence-corrected chi connectivity index (χ2v) is 41.4. The predicted molar refractivity (Wildman–Crippen MR) is 516 cm³/mol. The van der Waals surface area contributed by atoms with Gasteiger partial charge < -0.3 is 95.2 Å². The monoisotopic (exact) mass is 2100 g/mol. The van der Waals surface area contributed by atoms with Crippen molar-refractivity contribution in [3.8, 4) is 17.2 Å². The number of benzene rings is 4. The molecule has 0 amide bonds. The number of hydrogen-bond donors (Lipinski definition) is 11. The first kappa shape index (κ1) is 106. The number of aromatic nitrogens is 6. The first-order chi connectivity index (χ1) is 67.5. The molecule has 40 nitrogen and oxygen atoms in total. The lowest BCUT2D eigenvalue weighted by molar-refractivity contribution is 0.0679. The normalized spacial score (nSPS) is 19.9. The minimum Gasteiger partial charge on any atom is -0.489 e. The Morgan fingerprint density at radius 1 is 0.545 bits per heavy atom. The summed E-state index contributed by atoms with van der Waals surface area (Å²) in [4.78, 5) is 143. The van der Waals surface area contributed by atoms with Gasteiger partial charge in [-0.15, -0.1) is 12.4 Å². The molecule has 15 N–H and O–H groups in total. The van der Waals surface area contributed by atoms with Crippen LogP contribution >= 0.6 is 24.2 Å². The number of anilines is 3. The van der Waals surface area contributed by atoms with E-state index in [2.05, 4.69) is 9.88 Å². The Balaban J connectivity index is 0.000000133. The van der Waals surface area contributed by atoms with Crippen molar-refractivity contribution < 1.29 is 124 Å². The van der Waals surface area contributed by atoms with Crippen molar-refractivity contribution in [2.75, 3.05) is 92.8 Å². The van der Waals surface area contributed by atoms with E-state index in [0.29, 0.717) is 152 Å². The third-order valence-electron chi connectivity index (χ3n) is 26.7. The molecular weight excluding hydrogens is 2010 g/mol. The number of hydrogen-bond acceptors (Lipinski definition) is 29. The van der Waals surface area contributed by atoms with Gasteiger partial charge in [0.25, 0.3) is 25.8 Å². The third kappa shape index (κ3) is 21.0. The molecule has 772 valence electrons. The van der Waals surface area contributed by atoms with Gasteiger partial charge in [0.1, 0.15) is 75.9 Å². The van der Waals surface area contributed by atoms with Crippen LogP contribution in [0, 0.1) is 66.4 Å². The third-order valence-corrected chi connectivity index (χ3v) is 27.9. The second-order valence-electron chi connectivity index (χ2n) is 37.1. The number of carbonyl (C=O) groups is 5. The molecule has 4 aliphatic carbocycles. The van der Waals surface area contributed by atoms with Crippen LogP contribution in [0.5, 0.6) is 11.5 Å². The summed E-state index contributed by atoms with van der Waals surface area (Å²) in [6.07, 6.45) is 12.4. The maximum Gasteiger partial charge on any atom is 0.519 e. The number of piperazine rings is 1. The standard InChI is InChI=1S/C21H20FN3O6S.C20H15F3N4O3.C19H22FN3O3.2C16H15FN2O4.2CH4O3S.ClH/c1-10-16(31-21(29)30-10)9-23-3-5-24(6-4-23)15-8-14-12(7-13(15)22)18(26)17(20(27)28)19-25(14)11(2)32-19;21-8-1-2-15(13(22)3-8)27-7-12(20(29)30)17(28)9-4-14(23)19(25-18(9)27)26-5-10-11(6-26)16(10)24;1-10-16-13(11-4-5-11)7-14(19(25)26)18(24)23(16)9-15(20)17(10)22-6-2-3-12(21)8-22;2*1-7-6-23-14-11(16(18)2-3-16)10(17)4-8-12(14)19(7)5-9(13(8)20)15(21)22;2*1-5(2,3)4;/h7-8,11H,3-6,9H2,1-2H3,(H,27,28);1-4,7,10-11,16H,5-6,24H2,(H,29,30);7,9,11-12H,2-6,8,21H2,1H3,(H,25,26);2*4-5,7H,2-3,6,18H2,1H3,(H,21,22);2*1H3,(H,2,3,4);1H/t;10-,11+,16?;12-;2*7-;;;/m..100.../s1. The fourth-order valence-corrected chi connectivity index (χ4v) is 20.2. The maximum atomic E-state index is 15.0. The van der Waals surface area contributed by atoms with E-state index in [1.807, 2.05) is 30.6 Å². The highest BCUT2D eigenvalue weighted by atomic mass is 35.5. The van der Waals surface area contributed by atoms with Crippen LogP contribution in [0.15, 0.2) is 122 Å². The highest BCUT2D eigenvalue weighted by molar-refractivity contribution is 8.00. The molecule has 10 aliphatic rings. The molecule has 8 aromatic heterocycles. The summed E-state index contributed by atoms with van der Waals surface area (Å²) in [5.74, 6) is -10.3. The van der Waals surface area contributed by atoms with Crippen LogP contribution in [0.3, 0.4) is 0 Å². The minimum absolute atomic E-state index is 0. The van der Waals surface area contributed by atoms with Gasteiger partial charge in [-0.2, -0.15) is 16.8 Å².